The van der Waals surface area contributed by atoms with Crippen LogP contribution in [-0.2, 0) is 12.8 Å². The molecule has 2 aromatic rings. The van der Waals surface area contributed by atoms with Gasteiger partial charge < -0.3 is 4.98 Å². The number of aromatic amines is 1. The smallest absolute Gasteiger partial charge is 0.0628 e. The van der Waals surface area contributed by atoms with Crippen LogP contribution in [0.4, 0.5) is 0 Å². The summed E-state index contributed by atoms with van der Waals surface area (Å²) in [5, 5.41) is 10.3. The number of aryl methyl sites for hydroxylation is 2. The molecule has 0 aliphatic heterocycles. The highest BCUT2D eigenvalue weighted by Crippen LogP contribution is 2.39. The molecular weight excluding hydrogens is 220 g/mol. The van der Waals surface area contributed by atoms with Crippen molar-refractivity contribution in [3.63, 3.8) is 0 Å². The molecule has 1 aromatic carbocycles. The van der Waals surface area contributed by atoms with Crippen LogP contribution in [0.15, 0.2) is 18.2 Å². The minimum atomic E-state index is 0.430. The zero-order valence-electron chi connectivity index (χ0n) is 10.8. The molecule has 1 aliphatic carbocycles. The average molecular weight is 238 g/mol. The lowest BCUT2D eigenvalue weighted by molar-refractivity contribution is 0.561. The van der Waals surface area contributed by atoms with Crippen LogP contribution in [-0.4, -0.2) is 4.98 Å². The summed E-state index contributed by atoms with van der Waals surface area (Å²) in [6.07, 6.45) is 5.20. The van der Waals surface area contributed by atoms with Crippen LogP contribution in [0, 0.1) is 11.3 Å². The summed E-state index contributed by atoms with van der Waals surface area (Å²) in [5.74, 6) is 0.430. The van der Waals surface area contributed by atoms with Crippen molar-refractivity contribution in [2.75, 3.05) is 0 Å². The third-order valence-corrected chi connectivity index (χ3v) is 4.15. The second-order valence-electron chi connectivity index (χ2n) is 5.16. The molecule has 1 aromatic heterocycles. The molecule has 0 saturated carbocycles. The lowest BCUT2D eigenvalue weighted by atomic mass is 9.83. The summed E-state index contributed by atoms with van der Waals surface area (Å²) in [4.78, 5) is 3.61. The third kappa shape index (κ3) is 1.62. The Morgan fingerprint density at radius 3 is 3.11 bits per heavy atom. The molecule has 92 valence electrons. The van der Waals surface area contributed by atoms with E-state index in [4.69, 9.17) is 5.26 Å². The molecule has 0 saturated heterocycles. The molecule has 1 N–H and O–H groups in total. The molecule has 0 radical (unpaired) electrons. The summed E-state index contributed by atoms with van der Waals surface area (Å²) in [7, 11) is 0. The number of rotatable bonds is 2. The van der Waals surface area contributed by atoms with E-state index in [1.807, 2.05) is 0 Å². The zero-order chi connectivity index (χ0) is 12.5. The highest BCUT2D eigenvalue weighted by Gasteiger charge is 2.24. The minimum absolute atomic E-state index is 0.430. The Balaban J connectivity index is 2.23. The number of aromatic nitrogens is 1. The molecule has 1 unspecified atom stereocenters. The summed E-state index contributed by atoms with van der Waals surface area (Å²) in [6.45, 7) is 2.20. The lowest BCUT2D eigenvalue weighted by Gasteiger charge is -2.20. The van der Waals surface area contributed by atoms with Crippen molar-refractivity contribution in [3.05, 3.63) is 35.0 Å². The molecule has 2 nitrogen and oxygen atoms in total. The maximum Gasteiger partial charge on any atom is 0.0628 e. The van der Waals surface area contributed by atoms with E-state index in [2.05, 4.69) is 36.2 Å². The number of para-hydroxylation sites is 1. The second-order valence-corrected chi connectivity index (χ2v) is 5.16. The molecule has 3 rings (SSSR count). The van der Waals surface area contributed by atoms with Crippen LogP contribution in [0.3, 0.4) is 0 Å². The molecule has 1 heterocycles. The number of nitriles is 1. The van der Waals surface area contributed by atoms with Gasteiger partial charge in [0.1, 0.15) is 0 Å². The van der Waals surface area contributed by atoms with Gasteiger partial charge in [-0.05, 0) is 42.7 Å². The Bertz CT molecular complexity index is 616. The predicted octanol–water partition coefficient (Wildman–Crippen LogP) is 4.06. The van der Waals surface area contributed by atoms with Crippen molar-refractivity contribution in [2.24, 2.45) is 0 Å². The first-order valence-corrected chi connectivity index (χ1v) is 6.84. The van der Waals surface area contributed by atoms with Gasteiger partial charge in [-0.15, -0.1) is 0 Å². The lowest BCUT2D eigenvalue weighted by Crippen LogP contribution is -2.08. The normalized spacial score (nSPS) is 18.6. The molecular formula is C16H18N2. The van der Waals surface area contributed by atoms with Crippen LogP contribution in [0.2, 0.25) is 0 Å². The number of hydrogen-bond acceptors (Lipinski definition) is 1. The van der Waals surface area contributed by atoms with Gasteiger partial charge in [-0.2, -0.15) is 5.26 Å². The van der Waals surface area contributed by atoms with Gasteiger partial charge in [-0.3, -0.25) is 0 Å². The van der Waals surface area contributed by atoms with Crippen LogP contribution in [0.1, 0.15) is 48.9 Å². The summed E-state index contributed by atoms with van der Waals surface area (Å²) in [5.41, 5.74) is 5.48. The molecule has 0 bridgehead atoms. The van der Waals surface area contributed by atoms with Gasteiger partial charge in [0.15, 0.2) is 0 Å². The number of H-pyrrole nitrogens is 1. The average Bonchev–Trinajstić information content (AvgIpc) is 2.78. The SMILES string of the molecule is CCc1cccc2c3c([nH]c12)CCCC3CC#N. The topological polar surface area (TPSA) is 39.6 Å². The van der Waals surface area contributed by atoms with Crippen LogP contribution in [0.5, 0.6) is 0 Å². The molecule has 1 aliphatic rings. The van der Waals surface area contributed by atoms with Crippen molar-refractivity contribution in [3.8, 4) is 6.07 Å². The molecule has 18 heavy (non-hydrogen) atoms. The van der Waals surface area contributed by atoms with E-state index < -0.39 is 0 Å². The fraction of sp³-hybridized carbons (Fsp3) is 0.438. The first-order valence-electron chi connectivity index (χ1n) is 6.84. The zero-order valence-corrected chi connectivity index (χ0v) is 10.8. The summed E-state index contributed by atoms with van der Waals surface area (Å²) < 4.78 is 0. The minimum Gasteiger partial charge on any atom is -0.358 e. The van der Waals surface area contributed by atoms with Crippen LogP contribution >= 0.6 is 0 Å². The Kier molecular flexibility index (Phi) is 2.83. The van der Waals surface area contributed by atoms with Crippen molar-refractivity contribution in [1.82, 2.24) is 4.98 Å². The Morgan fingerprint density at radius 1 is 1.44 bits per heavy atom. The van der Waals surface area contributed by atoms with Crippen molar-refractivity contribution < 1.29 is 0 Å². The van der Waals surface area contributed by atoms with Gasteiger partial charge in [-0.25, -0.2) is 0 Å². The van der Waals surface area contributed by atoms with Crippen LogP contribution < -0.4 is 0 Å². The first kappa shape index (κ1) is 11.3. The van der Waals surface area contributed by atoms with E-state index in [1.54, 1.807) is 0 Å². The van der Waals surface area contributed by atoms with E-state index in [1.165, 1.54) is 34.1 Å². The van der Waals surface area contributed by atoms with E-state index in [9.17, 15) is 0 Å². The number of benzene rings is 1. The highest BCUT2D eigenvalue weighted by atomic mass is 14.7. The Morgan fingerprint density at radius 2 is 2.33 bits per heavy atom. The highest BCUT2D eigenvalue weighted by molar-refractivity contribution is 5.88. The standard InChI is InChI=1S/C16H18N2/c1-2-11-5-3-7-13-15-12(9-10-17)6-4-8-14(15)18-16(11)13/h3,5,7,12,18H,2,4,6,8-9H2,1H3. The maximum absolute atomic E-state index is 8.99. The van der Waals surface area contributed by atoms with Gasteiger partial charge in [0.25, 0.3) is 0 Å². The largest absolute Gasteiger partial charge is 0.358 e. The van der Waals surface area contributed by atoms with E-state index in [0.717, 1.165) is 19.3 Å². The van der Waals surface area contributed by atoms with E-state index in [0.29, 0.717) is 12.3 Å². The molecule has 2 heteroatoms. The monoisotopic (exact) mass is 238 g/mol. The molecule has 0 fully saturated rings. The number of nitrogens with one attached hydrogen (secondary N) is 1. The summed E-state index contributed by atoms with van der Waals surface area (Å²) >= 11 is 0. The van der Waals surface area contributed by atoms with Crippen LogP contribution in [0.25, 0.3) is 10.9 Å². The van der Waals surface area contributed by atoms with Gasteiger partial charge in [-0.1, -0.05) is 25.1 Å². The Hall–Kier alpha value is -1.75. The quantitative estimate of drug-likeness (QED) is 0.841. The fourth-order valence-electron chi connectivity index (χ4n) is 3.29. The third-order valence-electron chi connectivity index (χ3n) is 4.15. The van der Waals surface area contributed by atoms with E-state index in [-0.39, 0.29) is 0 Å². The Labute approximate surface area is 108 Å². The van der Waals surface area contributed by atoms with Gasteiger partial charge in [0, 0.05) is 23.0 Å². The van der Waals surface area contributed by atoms with Gasteiger partial charge >= 0.3 is 0 Å². The maximum atomic E-state index is 8.99. The van der Waals surface area contributed by atoms with Gasteiger partial charge in [0.05, 0.1) is 6.07 Å². The fourth-order valence-corrected chi connectivity index (χ4v) is 3.29. The van der Waals surface area contributed by atoms with Crippen molar-refractivity contribution in [1.29, 1.82) is 5.26 Å². The number of nitrogens with zero attached hydrogens (tertiary/aromatic N) is 1. The van der Waals surface area contributed by atoms with Crippen molar-refractivity contribution >= 4 is 10.9 Å². The van der Waals surface area contributed by atoms with Gasteiger partial charge in [0.2, 0.25) is 0 Å². The predicted molar refractivity (Wildman–Crippen MR) is 73.6 cm³/mol. The van der Waals surface area contributed by atoms with E-state index >= 15 is 0 Å². The first-order chi connectivity index (χ1) is 8.85. The molecule has 0 spiro atoms. The second kappa shape index (κ2) is 4.49. The van der Waals surface area contributed by atoms with Crippen molar-refractivity contribution in [2.45, 2.75) is 44.9 Å². The number of fused-ring (bicyclic) bond motifs is 3. The molecule has 1 atom stereocenters. The number of hydrogen-bond donors (Lipinski definition) is 1. The summed E-state index contributed by atoms with van der Waals surface area (Å²) in [6, 6.07) is 8.90. The molecule has 0 amide bonds.